The highest BCUT2D eigenvalue weighted by Gasteiger charge is 2.32. The Balaban J connectivity index is 1.70. The molecule has 1 N–H and O–H groups in total. The number of alkyl halides is 3. The molecular weight excluding hydrogens is 435 g/mol. The Labute approximate surface area is 189 Å². The molecule has 0 radical (unpaired) electrons. The molecule has 0 saturated heterocycles. The molecule has 4 aromatic rings. The molecule has 2 heterocycles. The van der Waals surface area contributed by atoms with Gasteiger partial charge in [-0.25, -0.2) is 0 Å². The van der Waals surface area contributed by atoms with E-state index in [-0.39, 0.29) is 12.1 Å². The van der Waals surface area contributed by atoms with Gasteiger partial charge in [0.25, 0.3) is 0 Å². The fourth-order valence-corrected chi connectivity index (χ4v) is 3.89. The maximum absolute atomic E-state index is 12.9. The molecule has 0 aliphatic rings. The molecule has 2 aromatic carbocycles. The predicted octanol–water partition coefficient (Wildman–Crippen LogP) is 7.38. The van der Waals surface area contributed by atoms with Gasteiger partial charge in [0, 0.05) is 34.3 Å². The van der Waals surface area contributed by atoms with E-state index in [1.165, 1.54) is 12.3 Å². The van der Waals surface area contributed by atoms with Crippen molar-refractivity contribution in [2.45, 2.75) is 32.1 Å². The molecule has 0 aliphatic heterocycles. The van der Waals surface area contributed by atoms with E-state index in [0.717, 1.165) is 28.1 Å². The maximum atomic E-state index is 12.9. The highest BCUT2D eigenvalue weighted by Crippen LogP contribution is 2.32. The van der Waals surface area contributed by atoms with Gasteiger partial charge >= 0.3 is 6.18 Å². The summed E-state index contributed by atoms with van der Waals surface area (Å²) in [4.78, 5) is 8.43. The average Bonchev–Trinajstić information content (AvgIpc) is 2.77. The first-order valence-electron chi connectivity index (χ1n) is 10.2. The summed E-state index contributed by atoms with van der Waals surface area (Å²) >= 11 is 6.12. The van der Waals surface area contributed by atoms with E-state index in [9.17, 15) is 13.2 Å². The second kappa shape index (κ2) is 8.88. The third kappa shape index (κ3) is 4.76. The van der Waals surface area contributed by atoms with Crippen molar-refractivity contribution in [2.75, 3.05) is 0 Å². The fraction of sp³-hybridized carbons (Fsp3) is 0.200. The number of hydrogen-bond donors (Lipinski definition) is 1. The molecule has 7 heteroatoms. The van der Waals surface area contributed by atoms with Crippen molar-refractivity contribution in [1.29, 1.82) is 0 Å². The summed E-state index contributed by atoms with van der Waals surface area (Å²) in [5.74, 6) is 0. The van der Waals surface area contributed by atoms with Crippen LogP contribution in [0.5, 0.6) is 0 Å². The van der Waals surface area contributed by atoms with Gasteiger partial charge in [-0.3, -0.25) is 9.97 Å². The number of rotatable bonds is 5. The standard InChI is InChI=1S/C25H21ClF3N3/c1-15(17-7-5-8-20(26)12-17)31-16(2)22-13-18-6-3-4-9-21(18)24(32-22)19-10-11-23(30-14-19)25(27,28)29/h3-16,31H,1-2H3/t15-,16?/m1/s1. The minimum absolute atomic E-state index is 0.0214. The van der Waals surface area contributed by atoms with Crippen molar-refractivity contribution in [3.8, 4) is 11.3 Å². The monoisotopic (exact) mass is 455 g/mol. The number of nitrogens with one attached hydrogen (secondary N) is 1. The minimum Gasteiger partial charge on any atom is -0.302 e. The van der Waals surface area contributed by atoms with Gasteiger partial charge in [-0.2, -0.15) is 13.2 Å². The molecule has 3 nitrogen and oxygen atoms in total. The number of aromatic nitrogens is 2. The number of fused-ring (bicyclic) bond motifs is 1. The summed E-state index contributed by atoms with van der Waals surface area (Å²) in [6.07, 6.45) is -3.25. The Kier molecular flexibility index (Phi) is 6.17. The highest BCUT2D eigenvalue weighted by molar-refractivity contribution is 6.30. The number of pyridine rings is 2. The lowest BCUT2D eigenvalue weighted by atomic mass is 10.0. The highest BCUT2D eigenvalue weighted by atomic mass is 35.5. The van der Waals surface area contributed by atoms with E-state index < -0.39 is 11.9 Å². The molecule has 164 valence electrons. The summed E-state index contributed by atoms with van der Waals surface area (Å²) in [7, 11) is 0. The summed E-state index contributed by atoms with van der Waals surface area (Å²) < 4.78 is 38.8. The van der Waals surface area contributed by atoms with Gasteiger partial charge in [-0.15, -0.1) is 0 Å². The van der Waals surface area contributed by atoms with E-state index in [2.05, 4.69) is 10.3 Å². The Morgan fingerprint density at radius 1 is 0.906 bits per heavy atom. The van der Waals surface area contributed by atoms with E-state index in [4.69, 9.17) is 16.6 Å². The number of hydrogen-bond acceptors (Lipinski definition) is 3. The Morgan fingerprint density at radius 3 is 2.38 bits per heavy atom. The average molecular weight is 456 g/mol. The Hall–Kier alpha value is -2.96. The second-order valence-corrected chi connectivity index (χ2v) is 8.15. The summed E-state index contributed by atoms with van der Waals surface area (Å²) in [5.41, 5.74) is 2.05. The molecule has 2 atom stereocenters. The summed E-state index contributed by atoms with van der Waals surface area (Å²) in [6, 6.07) is 19.6. The third-order valence-electron chi connectivity index (χ3n) is 5.38. The summed E-state index contributed by atoms with van der Waals surface area (Å²) in [5, 5.41) is 6.01. The fourth-order valence-electron chi connectivity index (χ4n) is 3.70. The van der Waals surface area contributed by atoms with Crippen LogP contribution in [0.4, 0.5) is 13.2 Å². The number of halogens is 4. The third-order valence-corrected chi connectivity index (χ3v) is 5.61. The van der Waals surface area contributed by atoms with Gasteiger partial charge in [-0.05, 0) is 55.1 Å². The lowest BCUT2D eigenvalue weighted by molar-refractivity contribution is -0.141. The molecule has 0 aliphatic carbocycles. The molecule has 0 spiro atoms. The molecule has 32 heavy (non-hydrogen) atoms. The van der Waals surface area contributed by atoms with Gasteiger partial charge in [0.1, 0.15) is 5.69 Å². The lowest BCUT2D eigenvalue weighted by Crippen LogP contribution is -2.23. The van der Waals surface area contributed by atoms with Gasteiger partial charge in [0.05, 0.1) is 11.4 Å². The van der Waals surface area contributed by atoms with Crippen molar-refractivity contribution < 1.29 is 13.2 Å². The van der Waals surface area contributed by atoms with Crippen molar-refractivity contribution in [1.82, 2.24) is 15.3 Å². The Morgan fingerprint density at radius 2 is 1.69 bits per heavy atom. The van der Waals surface area contributed by atoms with Gasteiger partial charge in [0.2, 0.25) is 0 Å². The van der Waals surface area contributed by atoms with Crippen LogP contribution in [0.3, 0.4) is 0 Å². The van der Waals surface area contributed by atoms with Crippen LogP contribution in [0.1, 0.15) is 42.9 Å². The second-order valence-electron chi connectivity index (χ2n) is 7.71. The Bertz CT molecular complexity index is 1240. The van der Waals surface area contributed by atoms with E-state index in [1.54, 1.807) is 0 Å². The lowest BCUT2D eigenvalue weighted by Gasteiger charge is -2.21. The first-order chi connectivity index (χ1) is 15.2. The minimum atomic E-state index is -4.48. The summed E-state index contributed by atoms with van der Waals surface area (Å²) in [6.45, 7) is 4.05. The van der Waals surface area contributed by atoms with E-state index in [1.807, 2.05) is 68.4 Å². The zero-order chi connectivity index (χ0) is 22.9. The van der Waals surface area contributed by atoms with Gasteiger partial charge in [-0.1, -0.05) is 48.0 Å². The first-order valence-corrected chi connectivity index (χ1v) is 10.5. The van der Waals surface area contributed by atoms with Crippen LogP contribution in [-0.2, 0) is 6.18 Å². The van der Waals surface area contributed by atoms with Crippen LogP contribution in [0.2, 0.25) is 5.02 Å². The molecule has 4 rings (SSSR count). The van der Waals surface area contributed by atoms with Crippen LogP contribution in [0.15, 0.2) is 72.9 Å². The molecule has 1 unspecified atom stereocenters. The quantitative estimate of drug-likeness (QED) is 0.341. The van der Waals surface area contributed by atoms with Crippen molar-refractivity contribution in [3.63, 3.8) is 0 Å². The topological polar surface area (TPSA) is 37.8 Å². The predicted molar refractivity (Wildman–Crippen MR) is 121 cm³/mol. The largest absolute Gasteiger partial charge is 0.433 e. The van der Waals surface area contributed by atoms with Gasteiger partial charge in [0.15, 0.2) is 0 Å². The molecule has 0 saturated carbocycles. The van der Waals surface area contributed by atoms with Crippen molar-refractivity contribution in [3.05, 3.63) is 94.9 Å². The maximum Gasteiger partial charge on any atom is 0.433 e. The zero-order valence-electron chi connectivity index (χ0n) is 17.5. The smallest absolute Gasteiger partial charge is 0.302 e. The van der Waals surface area contributed by atoms with Crippen molar-refractivity contribution in [2.24, 2.45) is 0 Å². The van der Waals surface area contributed by atoms with Crippen LogP contribution in [0.25, 0.3) is 22.0 Å². The first kappa shape index (κ1) is 22.2. The SMILES string of the molecule is CC(N[C@H](C)c1cccc(Cl)c1)c1cc2ccccc2c(-c2ccc(C(F)(F)F)nc2)n1. The molecular formula is C25H21ClF3N3. The normalized spacial score (nSPS) is 13.8. The molecule has 2 aromatic heterocycles. The number of nitrogens with zero attached hydrogens (tertiary/aromatic N) is 2. The zero-order valence-corrected chi connectivity index (χ0v) is 18.2. The van der Waals surface area contributed by atoms with Crippen molar-refractivity contribution >= 4 is 22.4 Å². The van der Waals surface area contributed by atoms with Crippen LogP contribution in [-0.4, -0.2) is 9.97 Å². The van der Waals surface area contributed by atoms with Crippen LogP contribution < -0.4 is 5.32 Å². The van der Waals surface area contributed by atoms with E-state index >= 15 is 0 Å². The number of benzene rings is 2. The van der Waals surface area contributed by atoms with E-state index in [0.29, 0.717) is 16.3 Å². The van der Waals surface area contributed by atoms with Crippen LogP contribution >= 0.6 is 11.6 Å². The van der Waals surface area contributed by atoms with Crippen LogP contribution in [0, 0.1) is 0 Å². The van der Waals surface area contributed by atoms with Gasteiger partial charge < -0.3 is 5.32 Å². The molecule has 0 fully saturated rings. The molecule has 0 amide bonds. The molecule has 0 bridgehead atoms.